The number of rotatable bonds is 5. The van der Waals surface area contributed by atoms with Crippen LogP contribution in [-0.2, 0) is 15.8 Å². The lowest BCUT2D eigenvalue weighted by Gasteiger charge is -1.89. The molecular weight excluding hydrogens is 176 g/mol. The molecular formula is C8H13O3S-. The third-order valence-corrected chi connectivity index (χ3v) is 0.880. The summed E-state index contributed by atoms with van der Waals surface area (Å²) in [6.07, 6.45) is 3.42. The standard InChI is InChI=1S/C6H10O.C2H4O2S/c1-3-5-7-6-4-2;1-2-5(3)4/h3-4H,1-2,5-6H2;2H,1H2,(H,3,4)/p-1. The van der Waals surface area contributed by atoms with Crippen molar-refractivity contribution in [3.8, 4) is 0 Å². The predicted molar refractivity (Wildman–Crippen MR) is 50.3 cm³/mol. The molecule has 0 aromatic carbocycles. The third kappa shape index (κ3) is 22.8. The van der Waals surface area contributed by atoms with Crippen LogP contribution in [0.15, 0.2) is 37.3 Å². The van der Waals surface area contributed by atoms with Crippen LogP contribution >= 0.6 is 0 Å². The quantitative estimate of drug-likeness (QED) is 0.373. The van der Waals surface area contributed by atoms with Crippen molar-refractivity contribution >= 4 is 11.1 Å². The van der Waals surface area contributed by atoms with Gasteiger partial charge in [0, 0.05) is 0 Å². The van der Waals surface area contributed by atoms with Gasteiger partial charge in [-0.1, -0.05) is 18.7 Å². The van der Waals surface area contributed by atoms with Crippen LogP contribution in [0.25, 0.3) is 0 Å². The van der Waals surface area contributed by atoms with Crippen molar-refractivity contribution in [2.75, 3.05) is 13.2 Å². The summed E-state index contributed by atoms with van der Waals surface area (Å²) in [5.41, 5.74) is 0. The van der Waals surface area contributed by atoms with Crippen LogP contribution < -0.4 is 0 Å². The van der Waals surface area contributed by atoms with E-state index in [1.165, 1.54) is 0 Å². The fraction of sp³-hybridized carbons (Fsp3) is 0.250. The lowest BCUT2D eigenvalue weighted by molar-refractivity contribution is 0.194. The minimum absolute atomic E-state index is 0.617. The first-order chi connectivity index (χ1) is 5.68. The molecule has 0 spiro atoms. The van der Waals surface area contributed by atoms with E-state index in [2.05, 4.69) is 19.7 Å². The van der Waals surface area contributed by atoms with Gasteiger partial charge in [0.15, 0.2) is 0 Å². The molecule has 0 N–H and O–H groups in total. The molecule has 0 aromatic heterocycles. The van der Waals surface area contributed by atoms with E-state index in [1.807, 2.05) is 0 Å². The van der Waals surface area contributed by atoms with E-state index < -0.39 is 11.1 Å². The molecule has 1 atom stereocenters. The fourth-order valence-corrected chi connectivity index (χ4v) is 0.235. The van der Waals surface area contributed by atoms with Crippen LogP contribution in [0.3, 0.4) is 0 Å². The molecule has 0 rings (SSSR count). The molecule has 70 valence electrons. The lowest BCUT2D eigenvalue weighted by Crippen LogP contribution is -1.87. The fourth-order valence-electron chi connectivity index (χ4n) is 0.235. The molecule has 0 saturated heterocycles. The van der Waals surface area contributed by atoms with Gasteiger partial charge < -0.3 is 9.29 Å². The van der Waals surface area contributed by atoms with Crippen LogP contribution in [0, 0.1) is 0 Å². The van der Waals surface area contributed by atoms with Gasteiger partial charge in [-0.15, -0.1) is 13.2 Å². The van der Waals surface area contributed by atoms with Gasteiger partial charge in [-0.05, 0) is 16.5 Å². The number of ether oxygens (including phenoxy) is 1. The summed E-state index contributed by atoms with van der Waals surface area (Å²) in [7, 11) is 0. The van der Waals surface area contributed by atoms with Crippen molar-refractivity contribution in [2.24, 2.45) is 0 Å². The first-order valence-corrected chi connectivity index (χ1v) is 4.33. The summed E-state index contributed by atoms with van der Waals surface area (Å²) in [4.78, 5) is 0. The highest BCUT2D eigenvalue weighted by Gasteiger charge is 1.70. The highest BCUT2D eigenvalue weighted by Crippen LogP contribution is 1.72. The van der Waals surface area contributed by atoms with E-state index in [4.69, 9.17) is 4.74 Å². The number of hydrogen-bond donors (Lipinski definition) is 0. The first-order valence-electron chi connectivity index (χ1n) is 3.19. The molecule has 0 bridgehead atoms. The molecule has 1 unspecified atom stereocenters. The zero-order valence-corrected chi connectivity index (χ0v) is 7.72. The van der Waals surface area contributed by atoms with Gasteiger partial charge in [0.1, 0.15) is 0 Å². The van der Waals surface area contributed by atoms with Crippen molar-refractivity contribution in [1.29, 1.82) is 0 Å². The molecule has 12 heavy (non-hydrogen) atoms. The Morgan fingerprint density at radius 3 is 1.75 bits per heavy atom. The van der Waals surface area contributed by atoms with Gasteiger partial charge in [-0.2, -0.15) is 0 Å². The Morgan fingerprint density at radius 2 is 1.58 bits per heavy atom. The monoisotopic (exact) mass is 189 g/mol. The Labute approximate surface area is 75.7 Å². The van der Waals surface area contributed by atoms with E-state index in [9.17, 15) is 8.76 Å². The van der Waals surface area contributed by atoms with E-state index in [0.29, 0.717) is 13.2 Å². The molecule has 0 radical (unpaired) electrons. The average Bonchev–Trinajstić information content (AvgIpc) is 2.07. The maximum atomic E-state index is 9.25. The Bertz CT molecular complexity index is 146. The van der Waals surface area contributed by atoms with E-state index in [-0.39, 0.29) is 0 Å². The lowest BCUT2D eigenvalue weighted by atomic mass is 10.6. The molecule has 0 amide bonds. The molecule has 0 heterocycles. The Hall–Kier alpha value is -0.710. The maximum Gasteiger partial charge on any atom is 0.0649 e. The van der Waals surface area contributed by atoms with Gasteiger partial charge in [-0.3, -0.25) is 4.21 Å². The first kappa shape index (κ1) is 13.9. The van der Waals surface area contributed by atoms with Crippen LogP contribution in [0.1, 0.15) is 0 Å². The van der Waals surface area contributed by atoms with Crippen molar-refractivity contribution in [3.05, 3.63) is 37.3 Å². The Morgan fingerprint density at radius 1 is 1.25 bits per heavy atom. The van der Waals surface area contributed by atoms with Gasteiger partial charge in [0.05, 0.1) is 13.2 Å². The smallest absolute Gasteiger partial charge is 0.0649 e. The minimum Gasteiger partial charge on any atom is -0.769 e. The van der Waals surface area contributed by atoms with Crippen molar-refractivity contribution in [3.63, 3.8) is 0 Å². The van der Waals surface area contributed by atoms with Crippen LogP contribution in [0.5, 0.6) is 0 Å². The molecule has 4 heteroatoms. The summed E-state index contributed by atoms with van der Waals surface area (Å²) >= 11 is -2.06. The second kappa shape index (κ2) is 12.9. The largest absolute Gasteiger partial charge is 0.769 e. The summed E-state index contributed by atoms with van der Waals surface area (Å²) in [5, 5.41) is 0.833. The highest BCUT2D eigenvalue weighted by atomic mass is 32.2. The molecule has 0 aliphatic rings. The number of hydrogen-bond acceptors (Lipinski definition) is 3. The zero-order chi connectivity index (χ0) is 9.82. The van der Waals surface area contributed by atoms with Crippen molar-refractivity contribution in [1.82, 2.24) is 0 Å². The van der Waals surface area contributed by atoms with Gasteiger partial charge >= 0.3 is 0 Å². The SMILES string of the molecule is C=CCOCC=C.C=CS(=O)[O-]. The van der Waals surface area contributed by atoms with Crippen molar-refractivity contribution in [2.45, 2.75) is 0 Å². The Balaban J connectivity index is 0. The third-order valence-electron chi connectivity index (χ3n) is 0.607. The average molecular weight is 189 g/mol. The molecule has 0 saturated carbocycles. The highest BCUT2D eigenvalue weighted by molar-refractivity contribution is 7.82. The van der Waals surface area contributed by atoms with E-state index >= 15 is 0 Å². The van der Waals surface area contributed by atoms with E-state index in [1.54, 1.807) is 12.2 Å². The minimum atomic E-state index is -2.06. The van der Waals surface area contributed by atoms with Crippen molar-refractivity contribution < 1.29 is 13.5 Å². The molecule has 3 nitrogen and oxygen atoms in total. The summed E-state index contributed by atoms with van der Waals surface area (Å²) in [5.74, 6) is 0. The summed E-state index contributed by atoms with van der Waals surface area (Å²) in [6, 6.07) is 0. The van der Waals surface area contributed by atoms with Crippen LogP contribution in [-0.4, -0.2) is 22.0 Å². The summed E-state index contributed by atoms with van der Waals surface area (Å²) < 4.78 is 23.4. The van der Waals surface area contributed by atoms with Gasteiger partial charge in [0.25, 0.3) is 0 Å². The second-order valence-electron chi connectivity index (χ2n) is 1.54. The van der Waals surface area contributed by atoms with Crippen LogP contribution in [0.2, 0.25) is 0 Å². The predicted octanol–water partition coefficient (Wildman–Crippen LogP) is 1.38. The topological polar surface area (TPSA) is 49.4 Å². The van der Waals surface area contributed by atoms with Gasteiger partial charge in [-0.25, -0.2) is 0 Å². The normalized spacial score (nSPS) is 10.4. The molecule has 0 aromatic rings. The molecule has 0 aliphatic carbocycles. The molecule has 0 fully saturated rings. The molecule has 0 aliphatic heterocycles. The zero-order valence-electron chi connectivity index (χ0n) is 6.90. The Kier molecular flexibility index (Phi) is 14.9. The van der Waals surface area contributed by atoms with E-state index in [0.717, 1.165) is 5.41 Å². The maximum absolute atomic E-state index is 9.25. The van der Waals surface area contributed by atoms with Gasteiger partial charge in [0.2, 0.25) is 0 Å². The second-order valence-corrected chi connectivity index (χ2v) is 2.40. The summed E-state index contributed by atoms with van der Waals surface area (Å²) in [6.45, 7) is 11.1. The van der Waals surface area contributed by atoms with Crippen LogP contribution in [0.4, 0.5) is 0 Å².